The van der Waals surface area contributed by atoms with Gasteiger partial charge in [-0.3, -0.25) is 0 Å². The SMILES string of the molecule is CCCOc1ncccc1CC(C)N. The molecule has 0 aliphatic heterocycles. The predicted octanol–water partition coefficient (Wildman–Crippen LogP) is 1.76. The number of nitrogens with zero attached hydrogens (tertiary/aromatic N) is 1. The lowest BCUT2D eigenvalue weighted by atomic mass is 10.1. The Kier molecular flexibility index (Phi) is 4.40. The average molecular weight is 194 g/mol. The van der Waals surface area contributed by atoms with Gasteiger partial charge in [-0.25, -0.2) is 4.98 Å². The molecule has 0 bridgehead atoms. The first-order valence-electron chi connectivity index (χ1n) is 5.06. The van der Waals surface area contributed by atoms with E-state index in [1.54, 1.807) is 6.20 Å². The molecule has 14 heavy (non-hydrogen) atoms. The van der Waals surface area contributed by atoms with Crippen molar-refractivity contribution in [1.29, 1.82) is 0 Å². The van der Waals surface area contributed by atoms with Crippen molar-refractivity contribution in [2.24, 2.45) is 5.73 Å². The average Bonchev–Trinajstić information content (AvgIpc) is 2.16. The molecule has 0 saturated carbocycles. The molecule has 1 atom stereocenters. The zero-order valence-corrected chi connectivity index (χ0v) is 8.86. The molecule has 0 saturated heterocycles. The van der Waals surface area contributed by atoms with Crippen molar-refractivity contribution in [1.82, 2.24) is 4.98 Å². The second kappa shape index (κ2) is 5.60. The predicted molar refractivity (Wildman–Crippen MR) is 57.4 cm³/mol. The van der Waals surface area contributed by atoms with Crippen LogP contribution in [0.2, 0.25) is 0 Å². The highest BCUT2D eigenvalue weighted by Crippen LogP contribution is 2.15. The van der Waals surface area contributed by atoms with E-state index in [4.69, 9.17) is 10.5 Å². The van der Waals surface area contributed by atoms with Crippen LogP contribution in [-0.4, -0.2) is 17.6 Å². The molecule has 0 fully saturated rings. The van der Waals surface area contributed by atoms with Crippen LogP contribution in [0.5, 0.6) is 5.88 Å². The van der Waals surface area contributed by atoms with Crippen LogP contribution in [0, 0.1) is 0 Å². The lowest BCUT2D eigenvalue weighted by Gasteiger charge is -2.10. The van der Waals surface area contributed by atoms with Crippen molar-refractivity contribution in [2.75, 3.05) is 6.61 Å². The summed E-state index contributed by atoms with van der Waals surface area (Å²) in [6.07, 6.45) is 3.55. The zero-order chi connectivity index (χ0) is 10.4. The van der Waals surface area contributed by atoms with E-state index < -0.39 is 0 Å². The minimum absolute atomic E-state index is 0.142. The van der Waals surface area contributed by atoms with Crippen LogP contribution in [0.25, 0.3) is 0 Å². The second-order valence-electron chi connectivity index (χ2n) is 3.50. The van der Waals surface area contributed by atoms with Gasteiger partial charge in [-0.15, -0.1) is 0 Å². The van der Waals surface area contributed by atoms with Gasteiger partial charge in [0.05, 0.1) is 6.61 Å². The molecule has 3 nitrogen and oxygen atoms in total. The number of ether oxygens (including phenoxy) is 1. The molecule has 1 unspecified atom stereocenters. The van der Waals surface area contributed by atoms with E-state index in [-0.39, 0.29) is 6.04 Å². The van der Waals surface area contributed by atoms with E-state index in [0.717, 1.165) is 24.3 Å². The topological polar surface area (TPSA) is 48.1 Å². The Morgan fingerprint density at radius 3 is 3.00 bits per heavy atom. The van der Waals surface area contributed by atoms with Gasteiger partial charge in [0.1, 0.15) is 0 Å². The molecule has 0 aliphatic rings. The van der Waals surface area contributed by atoms with Crippen molar-refractivity contribution in [3.63, 3.8) is 0 Å². The van der Waals surface area contributed by atoms with E-state index in [9.17, 15) is 0 Å². The third-order valence-corrected chi connectivity index (χ3v) is 1.83. The lowest BCUT2D eigenvalue weighted by molar-refractivity contribution is 0.301. The number of hydrogen-bond acceptors (Lipinski definition) is 3. The molecule has 1 heterocycles. The van der Waals surface area contributed by atoms with Crippen LogP contribution in [0.1, 0.15) is 25.8 Å². The summed E-state index contributed by atoms with van der Waals surface area (Å²) in [7, 11) is 0. The van der Waals surface area contributed by atoms with E-state index in [0.29, 0.717) is 6.61 Å². The normalized spacial score (nSPS) is 12.5. The number of aromatic nitrogens is 1. The fourth-order valence-electron chi connectivity index (χ4n) is 1.26. The van der Waals surface area contributed by atoms with Gasteiger partial charge in [-0.1, -0.05) is 13.0 Å². The van der Waals surface area contributed by atoms with Crippen LogP contribution in [-0.2, 0) is 6.42 Å². The minimum atomic E-state index is 0.142. The summed E-state index contributed by atoms with van der Waals surface area (Å²) in [4.78, 5) is 4.19. The van der Waals surface area contributed by atoms with Crippen molar-refractivity contribution in [3.8, 4) is 5.88 Å². The summed E-state index contributed by atoms with van der Waals surface area (Å²) in [6.45, 7) is 4.77. The van der Waals surface area contributed by atoms with E-state index in [1.807, 2.05) is 19.1 Å². The molecule has 0 aliphatic carbocycles. The number of nitrogens with two attached hydrogens (primary N) is 1. The van der Waals surface area contributed by atoms with Gasteiger partial charge in [0, 0.05) is 17.8 Å². The van der Waals surface area contributed by atoms with Gasteiger partial charge in [-0.2, -0.15) is 0 Å². The first-order valence-corrected chi connectivity index (χ1v) is 5.06. The molecule has 1 aromatic heterocycles. The number of rotatable bonds is 5. The van der Waals surface area contributed by atoms with Crippen molar-refractivity contribution >= 4 is 0 Å². The second-order valence-corrected chi connectivity index (χ2v) is 3.50. The van der Waals surface area contributed by atoms with Crippen LogP contribution in [0.3, 0.4) is 0 Å². The Bertz CT molecular complexity index is 274. The summed E-state index contributed by atoms with van der Waals surface area (Å²) in [5.41, 5.74) is 6.83. The maximum atomic E-state index is 5.74. The van der Waals surface area contributed by atoms with Crippen LogP contribution in [0.4, 0.5) is 0 Å². The molecule has 2 N–H and O–H groups in total. The van der Waals surface area contributed by atoms with Gasteiger partial charge in [0.25, 0.3) is 0 Å². The van der Waals surface area contributed by atoms with Crippen LogP contribution in [0.15, 0.2) is 18.3 Å². The lowest BCUT2D eigenvalue weighted by Crippen LogP contribution is -2.18. The standard InChI is InChI=1S/C11H18N2O/c1-3-7-14-11-10(8-9(2)12)5-4-6-13-11/h4-6,9H,3,7-8,12H2,1-2H3. The third-order valence-electron chi connectivity index (χ3n) is 1.83. The van der Waals surface area contributed by atoms with Crippen LogP contribution < -0.4 is 10.5 Å². The van der Waals surface area contributed by atoms with Crippen LogP contribution >= 0.6 is 0 Å². The molecule has 3 heteroatoms. The molecule has 1 rings (SSSR count). The molecule has 78 valence electrons. The minimum Gasteiger partial charge on any atom is -0.477 e. The monoisotopic (exact) mass is 194 g/mol. The Balaban J connectivity index is 2.69. The largest absolute Gasteiger partial charge is 0.477 e. The fraction of sp³-hybridized carbons (Fsp3) is 0.545. The summed E-state index contributed by atoms with van der Waals surface area (Å²) in [5.74, 6) is 0.728. The molecule has 0 spiro atoms. The molecule has 0 radical (unpaired) electrons. The Hall–Kier alpha value is -1.09. The number of pyridine rings is 1. The third kappa shape index (κ3) is 3.34. The molecule has 1 aromatic rings. The van der Waals surface area contributed by atoms with Gasteiger partial charge >= 0.3 is 0 Å². The summed E-state index contributed by atoms with van der Waals surface area (Å²) >= 11 is 0. The Morgan fingerprint density at radius 1 is 1.57 bits per heavy atom. The Morgan fingerprint density at radius 2 is 2.36 bits per heavy atom. The summed E-state index contributed by atoms with van der Waals surface area (Å²) in [6, 6.07) is 4.07. The summed E-state index contributed by atoms with van der Waals surface area (Å²) in [5, 5.41) is 0. The quantitative estimate of drug-likeness (QED) is 0.777. The molecule has 0 amide bonds. The van der Waals surface area contributed by atoms with Crippen molar-refractivity contribution < 1.29 is 4.74 Å². The highest BCUT2D eigenvalue weighted by molar-refractivity contribution is 5.26. The highest BCUT2D eigenvalue weighted by Gasteiger charge is 2.05. The first kappa shape index (κ1) is 11.0. The van der Waals surface area contributed by atoms with Gasteiger partial charge < -0.3 is 10.5 Å². The number of hydrogen-bond donors (Lipinski definition) is 1. The Labute approximate surface area is 85.3 Å². The fourth-order valence-corrected chi connectivity index (χ4v) is 1.26. The molecular formula is C11H18N2O. The van der Waals surface area contributed by atoms with Gasteiger partial charge in [0.15, 0.2) is 0 Å². The molecule has 0 aromatic carbocycles. The van der Waals surface area contributed by atoms with E-state index >= 15 is 0 Å². The summed E-state index contributed by atoms with van der Waals surface area (Å²) < 4.78 is 5.52. The highest BCUT2D eigenvalue weighted by atomic mass is 16.5. The maximum Gasteiger partial charge on any atom is 0.216 e. The van der Waals surface area contributed by atoms with E-state index in [1.165, 1.54) is 0 Å². The van der Waals surface area contributed by atoms with E-state index in [2.05, 4.69) is 11.9 Å². The zero-order valence-electron chi connectivity index (χ0n) is 8.86. The van der Waals surface area contributed by atoms with Crippen molar-refractivity contribution in [2.45, 2.75) is 32.7 Å². The van der Waals surface area contributed by atoms with Gasteiger partial charge in [0.2, 0.25) is 5.88 Å². The first-order chi connectivity index (χ1) is 6.74. The maximum absolute atomic E-state index is 5.74. The van der Waals surface area contributed by atoms with Gasteiger partial charge in [-0.05, 0) is 25.8 Å². The van der Waals surface area contributed by atoms with Crippen molar-refractivity contribution in [3.05, 3.63) is 23.9 Å². The molecular weight excluding hydrogens is 176 g/mol. The smallest absolute Gasteiger partial charge is 0.216 e.